The lowest BCUT2D eigenvalue weighted by atomic mass is 10.2. The molecule has 0 aliphatic carbocycles. The Morgan fingerprint density at radius 3 is 2.36 bits per heavy atom. The van der Waals surface area contributed by atoms with Crippen molar-refractivity contribution in [3.05, 3.63) is 23.2 Å². The van der Waals surface area contributed by atoms with Gasteiger partial charge in [-0.05, 0) is 53.7 Å². The van der Waals surface area contributed by atoms with Crippen molar-refractivity contribution in [3.63, 3.8) is 0 Å². The van der Waals surface area contributed by atoms with Crippen LogP contribution < -0.4 is 10.1 Å². The van der Waals surface area contributed by atoms with Crippen molar-refractivity contribution >= 4 is 29.5 Å². The third-order valence-corrected chi connectivity index (χ3v) is 3.98. The molecule has 1 aromatic carbocycles. The van der Waals surface area contributed by atoms with Gasteiger partial charge in [-0.1, -0.05) is 11.6 Å². The molecular weight excluding hydrogens is 384 g/mol. The minimum absolute atomic E-state index is 0.207. The second-order valence-electron chi connectivity index (χ2n) is 8.73. The first-order chi connectivity index (χ1) is 12.8. The molecule has 2 amide bonds. The zero-order chi connectivity index (χ0) is 21.1. The Morgan fingerprint density at radius 2 is 1.75 bits per heavy atom. The third kappa shape index (κ3) is 7.11. The highest BCUT2D eigenvalue weighted by Gasteiger charge is 2.31. The first kappa shape index (κ1) is 22.1. The molecule has 0 spiro atoms. The molecule has 7 nitrogen and oxygen atoms in total. The summed E-state index contributed by atoms with van der Waals surface area (Å²) < 4.78 is 16.6. The highest BCUT2D eigenvalue weighted by Crippen LogP contribution is 2.30. The highest BCUT2D eigenvalue weighted by molar-refractivity contribution is 6.32. The molecule has 1 aliphatic heterocycles. The van der Waals surface area contributed by atoms with E-state index in [1.54, 1.807) is 43.9 Å². The smallest absolute Gasteiger partial charge is 0.412 e. The fourth-order valence-corrected chi connectivity index (χ4v) is 2.75. The molecule has 1 atom stereocenters. The summed E-state index contributed by atoms with van der Waals surface area (Å²) in [7, 11) is 0. The van der Waals surface area contributed by atoms with E-state index in [4.69, 9.17) is 25.8 Å². The molecule has 0 radical (unpaired) electrons. The average molecular weight is 413 g/mol. The van der Waals surface area contributed by atoms with E-state index in [2.05, 4.69) is 5.32 Å². The zero-order valence-corrected chi connectivity index (χ0v) is 18.1. The lowest BCUT2D eigenvalue weighted by Gasteiger charge is -2.24. The summed E-state index contributed by atoms with van der Waals surface area (Å²) in [5, 5.41) is 3.08. The number of nitrogens with zero attached hydrogens (tertiary/aromatic N) is 1. The highest BCUT2D eigenvalue weighted by atomic mass is 35.5. The van der Waals surface area contributed by atoms with Gasteiger partial charge in [-0.3, -0.25) is 5.32 Å². The molecule has 2 rings (SSSR count). The Bertz CT molecular complexity index is 724. The van der Waals surface area contributed by atoms with Crippen molar-refractivity contribution < 1.29 is 23.8 Å². The fourth-order valence-electron chi connectivity index (χ4n) is 2.59. The van der Waals surface area contributed by atoms with Crippen molar-refractivity contribution in [2.45, 2.75) is 65.3 Å². The monoisotopic (exact) mass is 412 g/mol. The number of nitrogens with one attached hydrogen (secondary N) is 1. The standard InChI is InChI=1S/C20H29ClN2O5/c1-19(2,3)27-17(24)22-13-7-8-15(21)16(11-13)26-14-9-10-23(12-14)18(25)28-20(4,5)6/h7-8,11,14H,9-10,12H2,1-6H3,(H,22,24)/t14-/m1/s1. The van der Waals surface area contributed by atoms with Crippen LogP contribution in [0.2, 0.25) is 5.02 Å². The number of carbonyl (C=O) groups excluding carboxylic acids is 2. The van der Waals surface area contributed by atoms with Gasteiger partial charge in [0.25, 0.3) is 0 Å². The summed E-state index contributed by atoms with van der Waals surface area (Å²) in [6, 6.07) is 4.95. The maximum Gasteiger partial charge on any atom is 0.412 e. The van der Waals surface area contributed by atoms with Crippen LogP contribution in [0.4, 0.5) is 15.3 Å². The first-order valence-electron chi connectivity index (χ1n) is 9.26. The second kappa shape index (κ2) is 8.47. The van der Waals surface area contributed by atoms with Crippen LogP contribution in [0.25, 0.3) is 0 Å². The van der Waals surface area contributed by atoms with Crippen LogP contribution in [0.3, 0.4) is 0 Å². The number of halogens is 1. The lowest BCUT2D eigenvalue weighted by Crippen LogP contribution is -2.36. The molecule has 28 heavy (non-hydrogen) atoms. The van der Waals surface area contributed by atoms with E-state index in [9.17, 15) is 9.59 Å². The largest absolute Gasteiger partial charge is 0.487 e. The van der Waals surface area contributed by atoms with Gasteiger partial charge >= 0.3 is 12.2 Å². The van der Waals surface area contributed by atoms with Crippen LogP contribution in [0.15, 0.2) is 18.2 Å². The molecule has 0 saturated carbocycles. The summed E-state index contributed by atoms with van der Waals surface area (Å²) >= 11 is 6.23. The van der Waals surface area contributed by atoms with E-state index in [1.807, 2.05) is 20.8 Å². The number of rotatable bonds is 3. The van der Waals surface area contributed by atoms with Crippen LogP contribution >= 0.6 is 11.6 Å². The van der Waals surface area contributed by atoms with Crippen LogP contribution in [0, 0.1) is 0 Å². The van der Waals surface area contributed by atoms with Gasteiger partial charge in [0, 0.05) is 24.7 Å². The van der Waals surface area contributed by atoms with Gasteiger partial charge in [0.1, 0.15) is 23.1 Å². The number of likely N-dealkylation sites (tertiary alicyclic amines) is 1. The molecule has 0 aromatic heterocycles. The average Bonchev–Trinajstić information content (AvgIpc) is 2.96. The summed E-state index contributed by atoms with van der Waals surface area (Å²) in [6.07, 6.45) is -0.455. The van der Waals surface area contributed by atoms with E-state index in [-0.39, 0.29) is 12.2 Å². The zero-order valence-electron chi connectivity index (χ0n) is 17.3. The van der Waals surface area contributed by atoms with Crippen molar-refractivity contribution in [2.75, 3.05) is 18.4 Å². The van der Waals surface area contributed by atoms with Crippen LogP contribution in [0.1, 0.15) is 48.0 Å². The van der Waals surface area contributed by atoms with E-state index in [1.165, 1.54) is 0 Å². The van der Waals surface area contributed by atoms with Crippen molar-refractivity contribution in [2.24, 2.45) is 0 Å². The van der Waals surface area contributed by atoms with Gasteiger partial charge in [-0.2, -0.15) is 0 Å². The van der Waals surface area contributed by atoms with Crippen molar-refractivity contribution in [1.29, 1.82) is 0 Å². The van der Waals surface area contributed by atoms with Crippen molar-refractivity contribution in [1.82, 2.24) is 4.90 Å². The molecule has 8 heteroatoms. The number of ether oxygens (including phenoxy) is 3. The molecule has 1 heterocycles. The predicted octanol–water partition coefficient (Wildman–Crippen LogP) is 5.08. The normalized spacial score (nSPS) is 17.2. The number of carbonyl (C=O) groups is 2. The lowest BCUT2D eigenvalue weighted by molar-refractivity contribution is 0.0275. The molecule has 1 aliphatic rings. The van der Waals surface area contributed by atoms with Gasteiger partial charge in [-0.25, -0.2) is 9.59 Å². The molecule has 0 bridgehead atoms. The molecular formula is C20H29ClN2O5. The number of hydrogen-bond donors (Lipinski definition) is 1. The first-order valence-corrected chi connectivity index (χ1v) is 9.64. The van der Waals surface area contributed by atoms with E-state index in [0.717, 1.165) is 0 Å². The van der Waals surface area contributed by atoms with Gasteiger partial charge in [0.05, 0.1) is 11.6 Å². The third-order valence-electron chi connectivity index (χ3n) is 3.67. The summed E-state index contributed by atoms with van der Waals surface area (Å²) in [6.45, 7) is 11.8. The van der Waals surface area contributed by atoms with Crippen molar-refractivity contribution in [3.8, 4) is 5.75 Å². The molecule has 1 saturated heterocycles. The van der Waals surface area contributed by atoms with E-state index in [0.29, 0.717) is 36.0 Å². The van der Waals surface area contributed by atoms with Crippen LogP contribution in [0.5, 0.6) is 5.75 Å². The Morgan fingerprint density at radius 1 is 1.11 bits per heavy atom. The summed E-state index contributed by atoms with van der Waals surface area (Å²) in [5.41, 5.74) is -0.623. The second-order valence-corrected chi connectivity index (χ2v) is 9.13. The number of anilines is 1. The molecule has 0 unspecified atom stereocenters. The Balaban J connectivity index is 1.97. The number of hydrogen-bond acceptors (Lipinski definition) is 5. The Hall–Kier alpha value is -2.15. The molecule has 156 valence electrons. The van der Waals surface area contributed by atoms with Gasteiger partial charge in [0.15, 0.2) is 0 Å². The topological polar surface area (TPSA) is 77.1 Å². The minimum Gasteiger partial charge on any atom is -0.487 e. The molecule has 1 aromatic rings. The maximum absolute atomic E-state index is 12.2. The van der Waals surface area contributed by atoms with Gasteiger partial charge in [0.2, 0.25) is 0 Å². The number of benzene rings is 1. The van der Waals surface area contributed by atoms with E-state index >= 15 is 0 Å². The Kier molecular flexibility index (Phi) is 6.70. The SMILES string of the molecule is CC(C)(C)OC(=O)Nc1ccc(Cl)c(O[C@@H]2CCN(C(=O)OC(C)(C)C)C2)c1. The van der Waals surface area contributed by atoms with Gasteiger partial charge in [-0.15, -0.1) is 0 Å². The van der Waals surface area contributed by atoms with Gasteiger partial charge < -0.3 is 19.1 Å². The molecule has 1 fully saturated rings. The van der Waals surface area contributed by atoms with E-state index < -0.39 is 17.3 Å². The summed E-state index contributed by atoms with van der Waals surface area (Å²) in [4.78, 5) is 25.7. The summed E-state index contributed by atoms with van der Waals surface area (Å²) in [5.74, 6) is 0.436. The quantitative estimate of drug-likeness (QED) is 0.749. The minimum atomic E-state index is -0.592. The van der Waals surface area contributed by atoms with Crippen LogP contribution in [-0.4, -0.2) is 47.5 Å². The maximum atomic E-state index is 12.2. The Labute approximate surface area is 171 Å². The number of amides is 2. The predicted molar refractivity (Wildman–Crippen MR) is 108 cm³/mol. The molecule has 1 N–H and O–H groups in total. The van der Waals surface area contributed by atoms with Crippen LogP contribution in [-0.2, 0) is 9.47 Å². The fraction of sp³-hybridized carbons (Fsp3) is 0.600.